The van der Waals surface area contributed by atoms with Crippen LogP contribution < -0.4 is 10.6 Å². The number of amides is 2. The van der Waals surface area contributed by atoms with Gasteiger partial charge in [-0.1, -0.05) is 78.9 Å². The summed E-state index contributed by atoms with van der Waals surface area (Å²) in [4.78, 5) is 37.3. The van der Waals surface area contributed by atoms with Gasteiger partial charge in [-0.15, -0.1) is 0 Å². The average Bonchev–Trinajstić information content (AvgIpc) is 3.58. The van der Waals surface area contributed by atoms with Crippen molar-refractivity contribution in [3.8, 4) is 11.1 Å². The predicted octanol–water partition coefficient (Wildman–Crippen LogP) is 3.87. The van der Waals surface area contributed by atoms with Crippen LogP contribution in [0, 0.1) is 0 Å². The number of nitrogens with one attached hydrogen (secondary N) is 2. The summed E-state index contributed by atoms with van der Waals surface area (Å²) in [5, 5.41) is 14.9. The van der Waals surface area contributed by atoms with Crippen molar-refractivity contribution in [1.82, 2.24) is 10.6 Å². The summed E-state index contributed by atoms with van der Waals surface area (Å²) in [7, 11) is 0. The van der Waals surface area contributed by atoms with Crippen LogP contribution in [0.1, 0.15) is 35.4 Å². The third kappa shape index (κ3) is 4.62. The molecule has 2 aliphatic carbocycles. The summed E-state index contributed by atoms with van der Waals surface area (Å²) in [5.74, 6) is -1.71. The van der Waals surface area contributed by atoms with E-state index in [2.05, 4.69) is 22.8 Å². The number of carbonyl (C=O) groups excluding carboxylic acids is 2. The number of fused-ring (bicyclic) bond motifs is 3. The van der Waals surface area contributed by atoms with Crippen molar-refractivity contribution in [2.24, 2.45) is 0 Å². The normalized spacial score (nSPS) is 15.9. The molecule has 2 amide bonds. The van der Waals surface area contributed by atoms with Crippen molar-refractivity contribution in [3.63, 3.8) is 0 Å². The summed E-state index contributed by atoms with van der Waals surface area (Å²) < 4.78 is 5.57. The van der Waals surface area contributed by atoms with Crippen LogP contribution in [0.15, 0.2) is 78.9 Å². The number of carboxylic acid groups (broad SMARTS) is 1. The molecule has 1 fully saturated rings. The highest BCUT2D eigenvalue weighted by molar-refractivity contribution is 5.95. The van der Waals surface area contributed by atoms with Crippen molar-refractivity contribution >= 4 is 18.0 Å². The number of ether oxygens (including phenoxy) is 1. The number of alkyl carbamates (subject to hydrolysis) is 1. The third-order valence-corrected chi connectivity index (χ3v) is 6.76. The Balaban J connectivity index is 1.21. The Hall–Kier alpha value is -4.13. The van der Waals surface area contributed by atoms with Crippen molar-refractivity contribution in [1.29, 1.82) is 0 Å². The molecule has 2 aliphatic rings. The van der Waals surface area contributed by atoms with Gasteiger partial charge in [-0.2, -0.15) is 0 Å². The molecule has 7 nitrogen and oxygen atoms in total. The largest absolute Gasteiger partial charge is 0.480 e. The van der Waals surface area contributed by atoms with Crippen molar-refractivity contribution < 1.29 is 24.2 Å². The minimum Gasteiger partial charge on any atom is -0.480 e. The summed E-state index contributed by atoms with van der Waals surface area (Å²) >= 11 is 0. The minimum absolute atomic E-state index is 0.0839. The van der Waals surface area contributed by atoms with Crippen molar-refractivity contribution in [2.75, 3.05) is 6.61 Å². The fourth-order valence-electron chi connectivity index (χ4n) is 4.71. The quantitative estimate of drug-likeness (QED) is 0.464. The summed E-state index contributed by atoms with van der Waals surface area (Å²) in [5.41, 5.74) is 4.14. The lowest BCUT2D eigenvalue weighted by Crippen LogP contribution is -2.54. The minimum atomic E-state index is -1.13. The zero-order valence-corrected chi connectivity index (χ0v) is 19.1. The van der Waals surface area contributed by atoms with Gasteiger partial charge in [0.15, 0.2) is 0 Å². The predicted molar refractivity (Wildman–Crippen MR) is 130 cm³/mol. The first-order valence-corrected chi connectivity index (χ1v) is 11.7. The zero-order chi connectivity index (χ0) is 24.4. The second-order valence-corrected chi connectivity index (χ2v) is 9.09. The third-order valence-electron chi connectivity index (χ3n) is 6.76. The number of benzene rings is 3. The van der Waals surface area contributed by atoms with E-state index in [9.17, 15) is 19.5 Å². The van der Waals surface area contributed by atoms with Gasteiger partial charge in [0.05, 0.1) is 0 Å². The molecular formula is C28H26N2O5. The van der Waals surface area contributed by atoms with Gasteiger partial charge in [0.25, 0.3) is 0 Å². The molecule has 178 valence electrons. The molecule has 3 aromatic rings. The van der Waals surface area contributed by atoms with E-state index in [1.165, 1.54) is 0 Å². The lowest BCUT2D eigenvalue weighted by molar-refractivity contribution is -0.142. The molecule has 7 heteroatoms. The number of aliphatic carboxylic acids is 1. The van der Waals surface area contributed by atoms with Crippen LogP contribution in [0.5, 0.6) is 0 Å². The number of hydrogen-bond donors (Lipinski definition) is 3. The maximum atomic E-state index is 12.9. The monoisotopic (exact) mass is 470 g/mol. The van der Waals surface area contributed by atoms with Crippen LogP contribution in [0.4, 0.5) is 4.79 Å². The molecule has 0 aromatic heterocycles. The lowest BCUT2D eigenvalue weighted by atomic mass is 9.98. The highest BCUT2D eigenvalue weighted by atomic mass is 16.5. The van der Waals surface area contributed by atoms with Crippen LogP contribution in [0.25, 0.3) is 11.1 Å². The van der Waals surface area contributed by atoms with Crippen LogP contribution in [-0.2, 0) is 20.7 Å². The van der Waals surface area contributed by atoms with E-state index < -0.39 is 29.6 Å². The molecule has 0 radical (unpaired) electrons. The van der Waals surface area contributed by atoms with Crippen LogP contribution in [0.3, 0.4) is 0 Å². The number of carboxylic acids is 1. The van der Waals surface area contributed by atoms with E-state index in [4.69, 9.17) is 4.74 Å². The molecule has 3 N–H and O–H groups in total. The molecule has 0 unspecified atom stereocenters. The first-order chi connectivity index (χ1) is 17.0. The van der Waals surface area contributed by atoms with E-state index in [1.54, 1.807) is 0 Å². The van der Waals surface area contributed by atoms with E-state index in [1.807, 2.05) is 66.7 Å². The Morgan fingerprint density at radius 1 is 0.886 bits per heavy atom. The molecule has 0 spiro atoms. The number of rotatable bonds is 8. The highest BCUT2D eigenvalue weighted by Crippen LogP contribution is 2.44. The van der Waals surface area contributed by atoms with Gasteiger partial charge in [-0.05, 0) is 40.7 Å². The Bertz CT molecular complexity index is 1220. The van der Waals surface area contributed by atoms with Gasteiger partial charge in [-0.25, -0.2) is 9.59 Å². The maximum Gasteiger partial charge on any atom is 0.408 e. The zero-order valence-electron chi connectivity index (χ0n) is 19.1. The Labute approximate surface area is 203 Å². The molecule has 3 aromatic carbocycles. The molecule has 0 heterocycles. The van der Waals surface area contributed by atoms with Crippen molar-refractivity contribution in [2.45, 2.75) is 36.8 Å². The Morgan fingerprint density at radius 3 is 2.03 bits per heavy atom. The molecular weight excluding hydrogens is 444 g/mol. The van der Waals surface area contributed by atoms with Gasteiger partial charge >= 0.3 is 12.1 Å². The van der Waals surface area contributed by atoms with Crippen molar-refractivity contribution in [3.05, 3.63) is 95.6 Å². The summed E-state index contributed by atoms with van der Waals surface area (Å²) in [6, 6.07) is 24.1. The molecule has 1 saturated carbocycles. The van der Waals surface area contributed by atoms with Gasteiger partial charge in [0.2, 0.25) is 5.91 Å². The first kappa shape index (κ1) is 22.7. The van der Waals surface area contributed by atoms with Gasteiger partial charge < -0.3 is 20.5 Å². The SMILES string of the molecule is O=C(NC1(C(=O)N[C@H](Cc2ccccc2)C(=O)O)CC1)OCC1c2ccccc2-c2ccccc21. The van der Waals surface area contributed by atoms with E-state index in [0.29, 0.717) is 12.8 Å². The van der Waals surface area contributed by atoms with E-state index >= 15 is 0 Å². The number of hydrogen-bond acceptors (Lipinski definition) is 4. The fourth-order valence-corrected chi connectivity index (χ4v) is 4.71. The van der Waals surface area contributed by atoms with E-state index in [0.717, 1.165) is 27.8 Å². The molecule has 0 bridgehead atoms. The topological polar surface area (TPSA) is 105 Å². The van der Waals surface area contributed by atoms with E-state index in [-0.39, 0.29) is 18.9 Å². The van der Waals surface area contributed by atoms with Gasteiger partial charge in [0.1, 0.15) is 18.2 Å². The molecule has 0 aliphatic heterocycles. The van der Waals surface area contributed by atoms with Crippen LogP contribution in [0.2, 0.25) is 0 Å². The van der Waals surface area contributed by atoms with Crippen LogP contribution in [-0.4, -0.2) is 41.3 Å². The second kappa shape index (κ2) is 9.25. The molecule has 1 atom stereocenters. The standard InChI is InChI=1S/C28H26N2O5/c31-25(32)24(16-18-8-2-1-3-9-18)29-26(33)28(14-15-28)30-27(34)35-17-23-21-12-6-4-10-19(21)20-11-5-7-13-22(20)23/h1-13,23-24H,14-17H2,(H,29,33)(H,30,34)(H,31,32)/t24-/m1/s1. The Morgan fingerprint density at radius 2 is 1.46 bits per heavy atom. The fraction of sp³-hybridized carbons (Fsp3) is 0.250. The van der Waals surface area contributed by atoms with Gasteiger partial charge in [-0.3, -0.25) is 4.79 Å². The lowest BCUT2D eigenvalue weighted by Gasteiger charge is -2.21. The molecule has 35 heavy (non-hydrogen) atoms. The van der Waals surface area contributed by atoms with Crippen LogP contribution >= 0.6 is 0 Å². The smallest absolute Gasteiger partial charge is 0.408 e. The summed E-state index contributed by atoms with van der Waals surface area (Å²) in [6.45, 7) is 0.142. The highest BCUT2D eigenvalue weighted by Gasteiger charge is 2.52. The Kier molecular flexibility index (Phi) is 5.99. The molecule has 5 rings (SSSR count). The molecule has 0 saturated heterocycles. The summed E-state index contributed by atoms with van der Waals surface area (Å²) in [6.07, 6.45) is 0.333. The average molecular weight is 471 g/mol. The second-order valence-electron chi connectivity index (χ2n) is 9.09. The number of carbonyl (C=O) groups is 3. The first-order valence-electron chi connectivity index (χ1n) is 11.7. The van der Waals surface area contributed by atoms with Gasteiger partial charge in [0, 0.05) is 12.3 Å². The maximum absolute atomic E-state index is 12.9.